The van der Waals surface area contributed by atoms with Gasteiger partial charge in [0, 0.05) is 19.1 Å². The third-order valence-corrected chi connectivity index (χ3v) is 3.85. The van der Waals surface area contributed by atoms with Gasteiger partial charge in [0.25, 0.3) is 0 Å². The Kier molecular flexibility index (Phi) is 5.72. The first kappa shape index (κ1) is 15.2. The molecule has 1 N–H and O–H groups in total. The summed E-state index contributed by atoms with van der Waals surface area (Å²) in [6, 6.07) is 8.88. The lowest BCUT2D eigenvalue weighted by atomic mass is 10.1. The maximum Gasteiger partial charge on any atom is 0.142 e. The average Bonchev–Trinajstić information content (AvgIpc) is 2.65. The van der Waals surface area contributed by atoms with E-state index in [4.69, 9.17) is 4.74 Å². The molecule has 0 aromatic heterocycles. The largest absolute Gasteiger partial charge is 0.491 e. The van der Waals surface area contributed by atoms with Crippen molar-refractivity contribution in [2.45, 2.75) is 39.7 Å². The summed E-state index contributed by atoms with van der Waals surface area (Å²) < 4.78 is 5.82. The number of hydrogen-bond donors (Lipinski definition) is 1. The molecule has 1 heterocycles. The molecule has 0 bridgehead atoms. The highest BCUT2D eigenvalue weighted by molar-refractivity contribution is 5.59. The predicted molar refractivity (Wildman–Crippen MR) is 85.7 cm³/mol. The van der Waals surface area contributed by atoms with Crippen LogP contribution in [0.5, 0.6) is 5.75 Å². The van der Waals surface area contributed by atoms with Crippen molar-refractivity contribution >= 4 is 5.69 Å². The van der Waals surface area contributed by atoms with Gasteiger partial charge in [-0.25, -0.2) is 0 Å². The second-order valence-corrected chi connectivity index (χ2v) is 6.10. The monoisotopic (exact) mass is 276 g/mol. The molecule has 0 saturated carbocycles. The molecule has 1 aromatic rings. The fourth-order valence-corrected chi connectivity index (χ4v) is 2.62. The number of anilines is 1. The minimum absolute atomic E-state index is 0.491. The zero-order valence-electron chi connectivity index (χ0n) is 13.1. The molecule has 0 spiro atoms. The number of benzene rings is 1. The molecule has 3 heteroatoms. The zero-order valence-corrected chi connectivity index (χ0v) is 13.1. The predicted octanol–water partition coefficient (Wildman–Crippen LogP) is 3.30. The van der Waals surface area contributed by atoms with Gasteiger partial charge in [0.2, 0.25) is 0 Å². The number of fused-ring (bicyclic) bond motifs is 1. The van der Waals surface area contributed by atoms with Gasteiger partial charge in [-0.2, -0.15) is 0 Å². The van der Waals surface area contributed by atoms with Crippen molar-refractivity contribution in [3.05, 3.63) is 24.3 Å². The highest BCUT2D eigenvalue weighted by Crippen LogP contribution is 2.31. The standard InChI is InChI=1S/C17H28N2O/c1-14(2)9-10-18-13-15(3)19-11-6-12-20-17-8-5-4-7-16(17)19/h4-5,7-8,14-15,18H,6,9-13H2,1-3H3. The molecule has 0 saturated heterocycles. The van der Waals surface area contributed by atoms with Crippen molar-refractivity contribution in [2.75, 3.05) is 31.1 Å². The molecule has 2 rings (SSSR count). The van der Waals surface area contributed by atoms with Crippen LogP contribution in [0.4, 0.5) is 5.69 Å². The lowest BCUT2D eigenvalue weighted by Crippen LogP contribution is -2.41. The topological polar surface area (TPSA) is 24.5 Å². The van der Waals surface area contributed by atoms with Crippen molar-refractivity contribution in [3.8, 4) is 5.75 Å². The number of para-hydroxylation sites is 2. The van der Waals surface area contributed by atoms with Gasteiger partial charge < -0.3 is 15.0 Å². The Labute approximate surface area is 123 Å². The van der Waals surface area contributed by atoms with E-state index < -0.39 is 0 Å². The number of hydrogen-bond acceptors (Lipinski definition) is 3. The summed E-state index contributed by atoms with van der Waals surface area (Å²) in [5.74, 6) is 1.80. The van der Waals surface area contributed by atoms with E-state index in [2.05, 4.69) is 49.2 Å². The van der Waals surface area contributed by atoms with Crippen molar-refractivity contribution in [3.63, 3.8) is 0 Å². The molecule has 0 fully saturated rings. The second kappa shape index (κ2) is 7.53. The molecule has 0 radical (unpaired) electrons. The normalized spacial score (nSPS) is 16.5. The highest BCUT2D eigenvalue weighted by atomic mass is 16.5. The fraction of sp³-hybridized carbons (Fsp3) is 0.647. The SMILES string of the molecule is CC(C)CCNCC(C)N1CCCOc2ccccc21. The number of nitrogens with one attached hydrogen (secondary N) is 1. The lowest BCUT2D eigenvalue weighted by molar-refractivity contribution is 0.322. The molecule has 1 aliphatic heterocycles. The third-order valence-electron chi connectivity index (χ3n) is 3.85. The van der Waals surface area contributed by atoms with Crippen LogP contribution in [0.25, 0.3) is 0 Å². The van der Waals surface area contributed by atoms with Gasteiger partial charge in [0.1, 0.15) is 5.75 Å². The van der Waals surface area contributed by atoms with E-state index in [-0.39, 0.29) is 0 Å². The van der Waals surface area contributed by atoms with E-state index in [0.717, 1.165) is 44.3 Å². The van der Waals surface area contributed by atoms with E-state index in [1.807, 2.05) is 6.07 Å². The maximum absolute atomic E-state index is 5.82. The van der Waals surface area contributed by atoms with Crippen molar-refractivity contribution in [2.24, 2.45) is 5.92 Å². The first-order valence-corrected chi connectivity index (χ1v) is 7.87. The van der Waals surface area contributed by atoms with E-state index in [1.165, 1.54) is 12.1 Å². The van der Waals surface area contributed by atoms with Gasteiger partial charge >= 0.3 is 0 Å². The number of ether oxygens (including phenoxy) is 1. The second-order valence-electron chi connectivity index (χ2n) is 6.10. The Bertz CT molecular complexity index is 406. The van der Waals surface area contributed by atoms with Crippen LogP contribution in [0.15, 0.2) is 24.3 Å². The summed E-state index contributed by atoms with van der Waals surface area (Å²) in [5, 5.41) is 3.58. The van der Waals surface area contributed by atoms with E-state index >= 15 is 0 Å². The molecule has 20 heavy (non-hydrogen) atoms. The quantitative estimate of drug-likeness (QED) is 0.807. The maximum atomic E-state index is 5.82. The van der Waals surface area contributed by atoms with Crippen molar-refractivity contribution < 1.29 is 4.74 Å². The van der Waals surface area contributed by atoms with Crippen molar-refractivity contribution in [1.82, 2.24) is 5.32 Å². The average molecular weight is 276 g/mol. The van der Waals surface area contributed by atoms with Gasteiger partial charge in [-0.1, -0.05) is 26.0 Å². The van der Waals surface area contributed by atoms with Gasteiger partial charge in [-0.05, 0) is 44.4 Å². The zero-order chi connectivity index (χ0) is 14.4. The Morgan fingerprint density at radius 1 is 1.25 bits per heavy atom. The molecular weight excluding hydrogens is 248 g/mol. The van der Waals surface area contributed by atoms with Gasteiger partial charge in [0.15, 0.2) is 0 Å². The van der Waals surface area contributed by atoms with E-state index in [1.54, 1.807) is 0 Å². The Morgan fingerprint density at radius 3 is 2.85 bits per heavy atom. The molecule has 1 aromatic carbocycles. The minimum Gasteiger partial charge on any atom is -0.491 e. The van der Waals surface area contributed by atoms with Crippen molar-refractivity contribution in [1.29, 1.82) is 0 Å². The van der Waals surface area contributed by atoms with Crippen LogP contribution >= 0.6 is 0 Å². The Balaban J connectivity index is 1.93. The molecular formula is C17H28N2O. The summed E-state index contributed by atoms with van der Waals surface area (Å²) in [6.45, 7) is 10.9. The summed E-state index contributed by atoms with van der Waals surface area (Å²) in [5.41, 5.74) is 1.24. The molecule has 1 unspecified atom stereocenters. The Hall–Kier alpha value is -1.22. The number of nitrogens with zero attached hydrogens (tertiary/aromatic N) is 1. The van der Waals surface area contributed by atoms with Crippen LogP contribution in [-0.4, -0.2) is 32.3 Å². The summed E-state index contributed by atoms with van der Waals surface area (Å²) in [6.07, 6.45) is 2.33. The lowest BCUT2D eigenvalue weighted by Gasteiger charge is -2.31. The summed E-state index contributed by atoms with van der Waals surface area (Å²) >= 11 is 0. The number of rotatable bonds is 6. The Morgan fingerprint density at radius 2 is 2.05 bits per heavy atom. The third kappa shape index (κ3) is 4.14. The molecule has 112 valence electrons. The van der Waals surface area contributed by atoms with Crippen LogP contribution in [-0.2, 0) is 0 Å². The van der Waals surface area contributed by atoms with Gasteiger partial charge in [0.05, 0.1) is 12.3 Å². The molecule has 1 atom stereocenters. The first-order chi connectivity index (χ1) is 9.68. The van der Waals surface area contributed by atoms with E-state index in [0.29, 0.717) is 6.04 Å². The fourth-order valence-electron chi connectivity index (χ4n) is 2.62. The minimum atomic E-state index is 0.491. The van der Waals surface area contributed by atoms with Gasteiger partial charge in [-0.3, -0.25) is 0 Å². The highest BCUT2D eigenvalue weighted by Gasteiger charge is 2.20. The first-order valence-electron chi connectivity index (χ1n) is 7.87. The van der Waals surface area contributed by atoms with Crippen LogP contribution in [0.3, 0.4) is 0 Å². The smallest absolute Gasteiger partial charge is 0.142 e. The molecule has 1 aliphatic rings. The summed E-state index contributed by atoms with van der Waals surface area (Å²) in [7, 11) is 0. The molecule has 0 amide bonds. The van der Waals surface area contributed by atoms with Gasteiger partial charge in [-0.15, -0.1) is 0 Å². The van der Waals surface area contributed by atoms with Crippen LogP contribution < -0.4 is 15.0 Å². The summed E-state index contributed by atoms with van der Waals surface area (Å²) in [4.78, 5) is 2.48. The van der Waals surface area contributed by atoms with Crippen LogP contribution in [0, 0.1) is 5.92 Å². The molecule has 0 aliphatic carbocycles. The van der Waals surface area contributed by atoms with Crippen LogP contribution in [0.2, 0.25) is 0 Å². The van der Waals surface area contributed by atoms with E-state index in [9.17, 15) is 0 Å². The van der Waals surface area contributed by atoms with Crippen LogP contribution in [0.1, 0.15) is 33.6 Å². The molecule has 3 nitrogen and oxygen atoms in total.